The lowest BCUT2D eigenvalue weighted by Crippen LogP contribution is -2.49. The average molecular weight is 365 g/mol. The minimum Gasteiger partial charge on any atom is -0.381 e. The number of likely N-dealkylation sites (tertiary alicyclic amines) is 1. The zero-order valence-corrected chi connectivity index (χ0v) is 13.8. The van der Waals surface area contributed by atoms with Gasteiger partial charge in [-0.25, -0.2) is 0 Å². The first-order valence-electron chi connectivity index (χ1n) is 7.00. The molecule has 2 rings (SSSR count). The molecule has 3 nitrogen and oxygen atoms in total. The van der Waals surface area contributed by atoms with E-state index in [4.69, 9.17) is 4.74 Å². The van der Waals surface area contributed by atoms with Crippen LogP contribution in [-0.4, -0.2) is 40.0 Å². The molecule has 2 fully saturated rings. The van der Waals surface area contributed by atoms with Crippen molar-refractivity contribution in [3.8, 4) is 0 Å². The van der Waals surface area contributed by atoms with E-state index in [0.29, 0.717) is 18.0 Å². The van der Waals surface area contributed by atoms with Crippen molar-refractivity contribution in [2.75, 3.05) is 13.2 Å². The van der Waals surface area contributed by atoms with Crippen molar-refractivity contribution < 1.29 is 9.53 Å². The summed E-state index contributed by atoms with van der Waals surface area (Å²) in [7, 11) is 0. The maximum atomic E-state index is 12.7. The van der Waals surface area contributed by atoms with Crippen LogP contribution < -0.4 is 0 Å². The molecule has 0 aliphatic carbocycles. The molecular weight excluding hydrogens is 341 g/mol. The van der Waals surface area contributed by atoms with Crippen molar-refractivity contribution in [2.45, 2.75) is 62.5 Å². The van der Waals surface area contributed by atoms with E-state index in [-0.39, 0.29) is 9.34 Å². The molecule has 104 valence electrons. The second-order valence-electron chi connectivity index (χ2n) is 6.15. The fourth-order valence-electron chi connectivity index (χ4n) is 3.15. The summed E-state index contributed by atoms with van der Waals surface area (Å²) >= 11 is 2.37. The smallest absolute Gasteiger partial charge is 0.236 e. The molecule has 2 unspecified atom stereocenters. The predicted octanol–water partition coefficient (Wildman–Crippen LogP) is 3.01. The Morgan fingerprint density at radius 2 is 1.78 bits per heavy atom. The number of carbonyl (C=O) groups is 1. The molecule has 0 N–H and O–H groups in total. The summed E-state index contributed by atoms with van der Waals surface area (Å²) in [6, 6.07) is 0.821. The fraction of sp³-hybridized carbons (Fsp3) is 0.929. The van der Waals surface area contributed by atoms with E-state index in [1.54, 1.807) is 0 Å². The molecule has 0 bridgehead atoms. The van der Waals surface area contributed by atoms with Crippen molar-refractivity contribution in [1.29, 1.82) is 0 Å². The van der Waals surface area contributed by atoms with Crippen LogP contribution in [0.4, 0.5) is 0 Å². The zero-order chi connectivity index (χ0) is 13.3. The molecule has 0 saturated carbocycles. The molecule has 1 amide bonds. The lowest BCUT2D eigenvalue weighted by atomic mass is 9.79. The van der Waals surface area contributed by atoms with Gasteiger partial charge in [-0.1, -0.05) is 29.5 Å². The van der Waals surface area contributed by atoms with E-state index in [0.717, 1.165) is 38.9 Å². The number of alkyl halides is 1. The highest BCUT2D eigenvalue weighted by Crippen LogP contribution is 2.40. The van der Waals surface area contributed by atoms with Crippen LogP contribution in [0.3, 0.4) is 0 Å². The molecule has 2 aliphatic heterocycles. The third-order valence-electron chi connectivity index (χ3n) is 4.67. The highest BCUT2D eigenvalue weighted by Gasteiger charge is 2.43. The summed E-state index contributed by atoms with van der Waals surface area (Å²) in [6.07, 6.45) is 4.30. The number of halogens is 1. The van der Waals surface area contributed by atoms with E-state index >= 15 is 0 Å². The van der Waals surface area contributed by atoms with Crippen molar-refractivity contribution in [3.63, 3.8) is 0 Å². The van der Waals surface area contributed by atoms with E-state index in [1.165, 1.54) is 0 Å². The first kappa shape index (κ1) is 14.6. The predicted molar refractivity (Wildman–Crippen MR) is 81.0 cm³/mol. The number of hydrogen-bond donors (Lipinski definition) is 0. The molecular formula is C14H24INO2. The Labute approximate surface area is 124 Å². The van der Waals surface area contributed by atoms with Crippen LogP contribution in [0.15, 0.2) is 0 Å². The first-order valence-corrected chi connectivity index (χ1v) is 8.24. The van der Waals surface area contributed by atoms with Gasteiger partial charge in [-0.05, 0) is 44.9 Å². The molecule has 2 aliphatic rings. The normalized spacial score (nSPS) is 33.4. The molecule has 0 aromatic rings. The summed E-state index contributed by atoms with van der Waals surface area (Å²) in [5.74, 6) is 0.345. The molecule has 2 heterocycles. The number of hydrogen-bond acceptors (Lipinski definition) is 2. The van der Waals surface area contributed by atoms with Crippen LogP contribution in [-0.2, 0) is 9.53 Å². The SMILES string of the molecule is CC1CC[C@@H](C)N1C(=O)C(I)C1(C)CCOCC1. The number of carbonyl (C=O) groups excluding carboxylic acids is 1. The van der Waals surface area contributed by atoms with Gasteiger partial charge in [-0.15, -0.1) is 0 Å². The van der Waals surface area contributed by atoms with Crippen LogP contribution >= 0.6 is 22.6 Å². The second-order valence-corrected chi connectivity index (χ2v) is 7.40. The Morgan fingerprint density at radius 3 is 2.28 bits per heavy atom. The zero-order valence-electron chi connectivity index (χ0n) is 11.6. The molecule has 0 spiro atoms. The quantitative estimate of drug-likeness (QED) is 0.556. The third kappa shape index (κ3) is 2.69. The van der Waals surface area contributed by atoms with Crippen LogP contribution in [0.2, 0.25) is 0 Å². The number of rotatable bonds is 2. The summed E-state index contributed by atoms with van der Waals surface area (Å²) in [5.41, 5.74) is 0.109. The minimum absolute atomic E-state index is 0.0852. The summed E-state index contributed by atoms with van der Waals surface area (Å²) in [4.78, 5) is 14.9. The van der Waals surface area contributed by atoms with E-state index < -0.39 is 0 Å². The second kappa shape index (κ2) is 5.65. The van der Waals surface area contributed by atoms with Gasteiger partial charge in [-0.3, -0.25) is 4.79 Å². The standard InChI is InChI=1S/C14H24INO2/c1-10-4-5-11(2)16(10)13(17)12(15)14(3)6-8-18-9-7-14/h10-12H,4-9H2,1-3H3/t10-,11?,12?/m1/s1. The Balaban J connectivity index is 2.08. The van der Waals surface area contributed by atoms with Gasteiger partial charge in [0.1, 0.15) is 0 Å². The third-order valence-corrected chi connectivity index (χ3v) is 6.71. The summed E-state index contributed by atoms with van der Waals surface area (Å²) in [6.45, 7) is 8.20. The van der Waals surface area contributed by atoms with Gasteiger partial charge in [0, 0.05) is 25.3 Å². The Hall–Kier alpha value is 0.160. The van der Waals surface area contributed by atoms with Gasteiger partial charge in [0.25, 0.3) is 0 Å². The lowest BCUT2D eigenvalue weighted by molar-refractivity contribution is -0.135. The average Bonchev–Trinajstić information content (AvgIpc) is 2.68. The highest BCUT2D eigenvalue weighted by molar-refractivity contribution is 14.1. The van der Waals surface area contributed by atoms with Crippen molar-refractivity contribution >= 4 is 28.5 Å². The summed E-state index contributed by atoms with van der Waals surface area (Å²) in [5, 5.41) is 0. The van der Waals surface area contributed by atoms with Crippen molar-refractivity contribution in [3.05, 3.63) is 0 Å². The largest absolute Gasteiger partial charge is 0.381 e. The maximum absolute atomic E-state index is 12.7. The Kier molecular flexibility index (Phi) is 4.57. The van der Waals surface area contributed by atoms with Gasteiger partial charge in [0.15, 0.2) is 0 Å². The molecule has 18 heavy (non-hydrogen) atoms. The van der Waals surface area contributed by atoms with Gasteiger partial charge >= 0.3 is 0 Å². The maximum Gasteiger partial charge on any atom is 0.236 e. The summed E-state index contributed by atoms with van der Waals surface area (Å²) < 4.78 is 5.52. The van der Waals surface area contributed by atoms with E-state index in [1.807, 2.05) is 0 Å². The van der Waals surface area contributed by atoms with E-state index in [2.05, 4.69) is 48.3 Å². The monoisotopic (exact) mass is 365 g/mol. The van der Waals surface area contributed by atoms with Crippen LogP contribution in [0.1, 0.15) is 46.5 Å². The topological polar surface area (TPSA) is 29.5 Å². The first-order chi connectivity index (χ1) is 8.46. The van der Waals surface area contributed by atoms with Gasteiger partial charge < -0.3 is 9.64 Å². The van der Waals surface area contributed by atoms with Gasteiger partial charge in [0.2, 0.25) is 5.91 Å². The Bertz CT molecular complexity index is 305. The molecule has 2 saturated heterocycles. The van der Waals surface area contributed by atoms with Crippen molar-refractivity contribution in [2.24, 2.45) is 5.41 Å². The van der Waals surface area contributed by atoms with Crippen LogP contribution in [0.25, 0.3) is 0 Å². The Morgan fingerprint density at radius 1 is 1.28 bits per heavy atom. The fourth-order valence-corrected chi connectivity index (χ4v) is 4.09. The number of ether oxygens (including phenoxy) is 1. The van der Waals surface area contributed by atoms with Gasteiger partial charge in [-0.2, -0.15) is 0 Å². The van der Waals surface area contributed by atoms with Crippen molar-refractivity contribution in [1.82, 2.24) is 4.90 Å². The van der Waals surface area contributed by atoms with E-state index in [9.17, 15) is 4.79 Å². The highest BCUT2D eigenvalue weighted by atomic mass is 127. The lowest BCUT2D eigenvalue weighted by Gasteiger charge is -2.40. The molecule has 0 aromatic heterocycles. The molecule has 3 atom stereocenters. The molecule has 0 radical (unpaired) electrons. The van der Waals surface area contributed by atoms with Crippen LogP contribution in [0, 0.1) is 5.41 Å². The van der Waals surface area contributed by atoms with Crippen LogP contribution in [0.5, 0.6) is 0 Å². The molecule has 0 aromatic carbocycles. The number of nitrogens with zero attached hydrogens (tertiary/aromatic N) is 1. The van der Waals surface area contributed by atoms with Gasteiger partial charge in [0.05, 0.1) is 3.92 Å². The number of amides is 1. The molecule has 4 heteroatoms. The minimum atomic E-state index is 0.0852.